The first-order chi connectivity index (χ1) is 18.5. The van der Waals surface area contributed by atoms with Gasteiger partial charge in [0.2, 0.25) is 0 Å². The molecule has 0 spiro atoms. The lowest BCUT2D eigenvalue weighted by Crippen LogP contribution is -2.60. The van der Waals surface area contributed by atoms with Crippen LogP contribution in [0.2, 0.25) is 5.15 Å². The monoisotopic (exact) mass is 533 g/mol. The van der Waals surface area contributed by atoms with E-state index in [1.54, 1.807) is 18.3 Å². The molecule has 0 aliphatic carbocycles. The van der Waals surface area contributed by atoms with Gasteiger partial charge in [0.15, 0.2) is 28.9 Å². The number of hydrogen-bond donors (Lipinski definition) is 3. The minimum absolute atomic E-state index is 0.0141. The van der Waals surface area contributed by atoms with E-state index in [-0.39, 0.29) is 34.2 Å². The highest BCUT2D eigenvalue weighted by atomic mass is 35.5. The molecule has 10 nitrogen and oxygen atoms in total. The van der Waals surface area contributed by atoms with Crippen LogP contribution in [-0.2, 0) is 4.79 Å². The van der Waals surface area contributed by atoms with Crippen molar-refractivity contribution in [3.05, 3.63) is 53.7 Å². The van der Waals surface area contributed by atoms with Crippen LogP contribution in [0.3, 0.4) is 0 Å². The summed E-state index contributed by atoms with van der Waals surface area (Å²) in [6, 6.07) is 9.06. The summed E-state index contributed by atoms with van der Waals surface area (Å²) in [7, 11) is 0. The maximum Gasteiger partial charge on any atom is 0.310 e. The number of aromatic amines is 1. The number of anilines is 1. The fourth-order valence-electron chi connectivity index (χ4n) is 5.66. The van der Waals surface area contributed by atoms with Crippen molar-refractivity contribution < 1.29 is 18.7 Å². The molecule has 12 heteroatoms. The Labute approximate surface area is 219 Å². The molecule has 1 aromatic carbocycles. The highest BCUT2D eigenvalue weighted by molar-refractivity contribution is 6.29. The first-order valence-electron chi connectivity index (χ1n) is 12.3. The highest BCUT2D eigenvalue weighted by Crippen LogP contribution is 2.39. The number of benzene rings is 1. The lowest BCUT2D eigenvalue weighted by Gasteiger charge is -2.49. The van der Waals surface area contributed by atoms with E-state index < -0.39 is 23.9 Å². The Hall–Kier alpha value is -4.09. The van der Waals surface area contributed by atoms with Crippen LogP contribution in [0.4, 0.5) is 10.2 Å². The number of aromatic nitrogens is 5. The van der Waals surface area contributed by atoms with Crippen LogP contribution in [0.25, 0.3) is 45.0 Å². The number of piperidine rings is 3. The van der Waals surface area contributed by atoms with Gasteiger partial charge in [0.25, 0.3) is 0 Å². The molecule has 3 aliphatic heterocycles. The van der Waals surface area contributed by atoms with Crippen molar-refractivity contribution in [2.45, 2.75) is 19.0 Å². The van der Waals surface area contributed by atoms with Crippen molar-refractivity contribution >= 4 is 45.5 Å². The standard InChI is InChI=1S/C26H21ClFN7O3/c27-17-11-30-24-20(31-17)14(10-29-24)22-32-21(16-9-13-3-1-2-4-15(13)38-16)19(28)23(33-22)34-25-18(26(36)37)12-5-7-35(25)8-6-12/h1-4,9-12,18,25H,5-8H2,(H,29,30)(H,36,37)(H,32,33,34). The van der Waals surface area contributed by atoms with E-state index >= 15 is 4.39 Å². The van der Waals surface area contributed by atoms with E-state index in [0.717, 1.165) is 31.3 Å². The Kier molecular flexibility index (Phi) is 5.31. The van der Waals surface area contributed by atoms with Crippen LogP contribution < -0.4 is 5.32 Å². The number of aliphatic carboxylic acids is 1. The van der Waals surface area contributed by atoms with Gasteiger partial charge in [0.05, 0.1) is 23.8 Å². The average molecular weight is 534 g/mol. The van der Waals surface area contributed by atoms with Gasteiger partial charge < -0.3 is 19.8 Å². The smallest absolute Gasteiger partial charge is 0.310 e. The summed E-state index contributed by atoms with van der Waals surface area (Å²) in [4.78, 5) is 34.9. The number of carbonyl (C=O) groups is 1. The number of nitrogens with zero attached hydrogens (tertiary/aromatic N) is 5. The van der Waals surface area contributed by atoms with E-state index in [2.05, 4.69) is 30.2 Å². The van der Waals surface area contributed by atoms with Crippen molar-refractivity contribution in [1.29, 1.82) is 0 Å². The van der Waals surface area contributed by atoms with E-state index in [9.17, 15) is 9.90 Å². The van der Waals surface area contributed by atoms with Gasteiger partial charge >= 0.3 is 5.97 Å². The third-order valence-corrected chi connectivity index (χ3v) is 7.67. The van der Waals surface area contributed by atoms with Crippen molar-refractivity contribution in [2.24, 2.45) is 11.8 Å². The molecular weight excluding hydrogens is 513 g/mol. The van der Waals surface area contributed by atoms with Gasteiger partial charge in [-0.25, -0.2) is 24.3 Å². The topological polar surface area (TPSA) is 133 Å². The van der Waals surface area contributed by atoms with Crippen LogP contribution >= 0.6 is 11.6 Å². The number of carboxylic acid groups (broad SMARTS) is 1. The van der Waals surface area contributed by atoms with Crippen LogP contribution in [0, 0.1) is 17.7 Å². The Bertz CT molecular complexity index is 1680. The number of para-hydroxylation sites is 1. The normalized spacial score (nSPS) is 22.8. The summed E-state index contributed by atoms with van der Waals surface area (Å²) < 4.78 is 22.1. The largest absolute Gasteiger partial charge is 0.481 e. The predicted octanol–water partition coefficient (Wildman–Crippen LogP) is 4.79. The number of rotatable bonds is 5. The maximum atomic E-state index is 16.1. The van der Waals surface area contributed by atoms with Crippen molar-refractivity contribution in [3.8, 4) is 22.8 Å². The molecule has 38 heavy (non-hydrogen) atoms. The molecule has 192 valence electrons. The third-order valence-electron chi connectivity index (χ3n) is 7.49. The number of hydrogen-bond acceptors (Lipinski definition) is 8. The summed E-state index contributed by atoms with van der Waals surface area (Å²) >= 11 is 6.10. The number of furan rings is 1. The number of nitrogens with one attached hydrogen (secondary N) is 2. The van der Waals surface area contributed by atoms with E-state index in [1.807, 2.05) is 23.1 Å². The van der Waals surface area contributed by atoms with E-state index in [1.165, 1.54) is 6.20 Å². The Morgan fingerprint density at radius 2 is 2.03 bits per heavy atom. The second kappa shape index (κ2) is 8.74. The lowest BCUT2D eigenvalue weighted by molar-refractivity contribution is -0.151. The maximum absolute atomic E-state index is 16.1. The van der Waals surface area contributed by atoms with Gasteiger partial charge in [-0.1, -0.05) is 29.8 Å². The van der Waals surface area contributed by atoms with Gasteiger partial charge in [-0.05, 0) is 30.9 Å². The third kappa shape index (κ3) is 3.69. The van der Waals surface area contributed by atoms with Crippen LogP contribution in [0.5, 0.6) is 0 Å². The number of halogens is 2. The molecule has 2 bridgehead atoms. The second-order valence-corrected chi connectivity index (χ2v) is 10.0. The lowest BCUT2D eigenvalue weighted by atomic mass is 9.76. The fourth-order valence-corrected chi connectivity index (χ4v) is 5.80. The predicted molar refractivity (Wildman–Crippen MR) is 138 cm³/mol. The summed E-state index contributed by atoms with van der Waals surface area (Å²) in [6.07, 6.45) is 4.03. The van der Waals surface area contributed by atoms with Crippen LogP contribution in [0.1, 0.15) is 12.8 Å². The van der Waals surface area contributed by atoms with Crippen LogP contribution in [-0.4, -0.2) is 60.2 Å². The van der Waals surface area contributed by atoms with E-state index in [4.69, 9.17) is 16.0 Å². The first-order valence-corrected chi connectivity index (χ1v) is 12.6. The molecule has 4 aromatic heterocycles. The molecule has 5 aromatic rings. The van der Waals surface area contributed by atoms with E-state index in [0.29, 0.717) is 22.3 Å². The Balaban J connectivity index is 1.40. The van der Waals surface area contributed by atoms with Crippen molar-refractivity contribution in [2.75, 3.05) is 18.4 Å². The molecule has 2 atom stereocenters. The summed E-state index contributed by atoms with van der Waals surface area (Å²) in [5.74, 6) is -2.05. The average Bonchev–Trinajstić information content (AvgIpc) is 3.54. The highest BCUT2D eigenvalue weighted by Gasteiger charge is 2.46. The summed E-state index contributed by atoms with van der Waals surface area (Å²) in [6.45, 7) is 1.47. The fraction of sp³-hybridized carbons (Fsp3) is 0.269. The zero-order valence-corrected chi connectivity index (χ0v) is 20.6. The molecule has 8 rings (SSSR count). The van der Waals surface area contributed by atoms with Gasteiger partial charge in [0.1, 0.15) is 21.9 Å². The SMILES string of the molecule is O=C(O)C1C2CCN(CC2)C1Nc1nc(-c2c[nH]c3ncc(Cl)nc23)nc(-c2cc3ccccc3o2)c1F. The summed E-state index contributed by atoms with van der Waals surface area (Å²) in [5, 5.41) is 14.1. The molecule has 0 radical (unpaired) electrons. The summed E-state index contributed by atoms with van der Waals surface area (Å²) in [5.41, 5.74) is 1.90. The second-order valence-electron chi connectivity index (χ2n) is 9.63. The van der Waals surface area contributed by atoms with Crippen molar-refractivity contribution in [3.63, 3.8) is 0 Å². The molecule has 3 fully saturated rings. The first kappa shape index (κ1) is 23.1. The molecule has 7 heterocycles. The van der Waals surface area contributed by atoms with Gasteiger partial charge in [-0.2, -0.15) is 0 Å². The quantitative estimate of drug-likeness (QED) is 0.291. The molecule has 2 unspecified atom stereocenters. The molecule has 0 saturated carbocycles. The van der Waals surface area contributed by atoms with Crippen LogP contribution in [0.15, 0.2) is 47.1 Å². The Morgan fingerprint density at radius 1 is 1.21 bits per heavy atom. The molecule has 3 saturated heterocycles. The molecule has 0 amide bonds. The Morgan fingerprint density at radius 3 is 2.82 bits per heavy atom. The number of carboxylic acids is 1. The minimum Gasteiger partial charge on any atom is -0.481 e. The molecule has 3 N–H and O–H groups in total. The molecular formula is C26H21ClFN7O3. The zero-order valence-electron chi connectivity index (χ0n) is 19.9. The number of fused-ring (bicyclic) bond motifs is 5. The van der Waals surface area contributed by atoms with Gasteiger partial charge in [-0.3, -0.25) is 9.69 Å². The van der Waals surface area contributed by atoms with Crippen molar-refractivity contribution in [1.82, 2.24) is 29.8 Å². The minimum atomic E-state index is -0.911. The van der Waals surface area contributed by atoms with Gasteiger partial charge in [0, 0.05) is 24.7 Å². The van der Waals surface area contributed by atoms with Gasteiger partial charge in [-0.15, -0.1) is 0 Å². The molecule has 3 aliphatic rings. The number of H-pyrrole nitrogens is 1. The zero-order chi connectivity index (χ0) is 26.0.